The molecule has 3 heteroatoms. The molecule has 0 aromatic rings. The normalized spacial score (nSPS) is 26.1. The number of allylic oxidation sites excluding steroid dienone is 2. The van der Waals surface area contributed by atoms with Gasteiger partial charge in [0.05, 0.1) is 6.61 Å². The van der Waals surface area contributed by atoms with E-state index in [0.717, 1.165) is 6.42 Å². The summed E-state index contributed by atoms with van der Waals surface area (Å²) in [6.07, 6.45) is 6.18. The molecule has 1 rings (SSSR count). The molecule has 0 aromatic heterocycles. The predicted octanol–water partition coefficient (Wildman–Crippen LogP) is 2.26. The number of hydrogen-bond acceptors (Lipinski definition) is 3. The number of Topliss-reactive ketones (excluding diaryl/α,β-unsaturated/α-hetero) is 1. The summed E-state index contributed by atoms with van der Waals surface area (Å²) < 4.78 is 5.00. The first kappa shape index (κ1) is 12.0. The Morgan fingerprint density at radius 2 is 2.33 bits per heavy atom. The zero-order chi connectivity index (χ0) is 11.3. The summed E-state index contributed by atoms with van der Waals surface area (Å²) in [6.45, 7) is 3.99. The van der Waals surface area contributed by atoms with E-state index >= 15 is 0 Å². The summed E-state index contributed by atoms with van der Waals surface area (Å²) in [6, 6.07) is 0. The van der Waals surface area contributed by atoms with Crippen LogP contribution in [0.5, 0.6) is 0 Å². The number of esters is 1. The van der Waals surface area contributed by atoms with Gasteiger partial charge in [-0.2, -0.15) is 0 Å². The second-order valence-electron chi connectivity index (χ2n) is 3.85. The lowest BCUT2D eigenvalue weighted by atomic mass is 9.81. The second-order valence-corrected chi connectivity index (χ2v) is 3.85. The number of carbonyl (C=O) groups is 2. The van der Waals surface area contributed by atoms with Crippen LogP contribution in [0.25, 0.3) is 0 Å². The van der Waals surface area contributed by atoms with Gasteiger partial charge in [0, 0.05) is 6.42 Å². The molecular weight excluding hydrogens is 192 g/mol. The molecule has 0 heterocycles. The van der Waals surface area contributed by atoms with Crippen LogP contribution in [0.1, 0.15) is 39.5 Å². The van der Waals surface area contributed by atoms with Gasteiger partial charge in [-0.25, -0.2) is 0 Å². The molecule has 1 aliphatic rings. The van der Waals surface area contributed by atoms with Crippen LogP contribution in [0.2, 0.25) is 0 Å². The highest BCUT2D eigenvalue weighted by molar-refractivity contribution is 6.05. The van der Waals surface area contributed by atoms with E-state index in [2.05, 4.69) is 0 Å². The zero-order valence-corrected chi connectivity index (χ0v) is 9.41. The number of rotatable bonds is 4. The van der Waals surface area contributed by atoms with Gasteiger partial charge in [-0.3, -0.25) is 9.59 Å². The van der Waals surface area contributed by atoms with Crippen molar-refractivity contribution >= 4 is 11.8 Å². The molecule has 1 unspecified atom stereocenters. The van der Waals surface area contributed by atoms with Gasteiger partial charge in [0.25, 0.3) is 0 Å². The lowest BCUT2D eigenvalue weighted by Gasteiger charge is -2.23. The molecule has 3 nitrogen and oxygen atoms in total. The Morgan fingerprint density at radius 1 is 1.60 bits per heavy atom. The standard InChI is InChI=1S/C12H18O3/c1-3-5-8-12(11(14)15-4-2)9-6-7-10(12)13/h3,5H,4,6-9H2,1-2H3/b5-3+. The van der Waals surface area contributed by atoms with Crippen molar-refractivity contribution in [3.63, 3.8) is 0 Å². The average molecular weight is 210 g/mol. The Bertz CT molecular complexity index is 281. The molecule has 0 N–H and O–H groups in total. The van der Waals surface area contributed by atoms with E-state index in [-0.39, 0.29) is 11.8 Å². The van der Waals surface area contributed by atoms with Crippen LogP contribution in [-0.2, 0) is 14.3 Å². The van der Waals surface area contributed by atoms with Crippen LogP contribution >= 0.6 is 0 Å². The van der Waals surface area contributed by atoms with Gasteiger partial charge in [0.15, 0.2) is 5.78 Å². The van der Waals surface area contributed by atoms with Gasteiger partial charge in [-0.15, -0.1) is 0 Å². The van der Waals surface area contributed by atoms with E-state index < -0.39 is 5.41 Å². The van der Waals surface area contributed by atoms with Crippen LogP contribution in [-0.4, -0.2) is 18.4 Å². The molecule has 0 radical (unpaired) electrons. The fourth-order valence-corrected chi connectivity index (χ4v) is 2.03. The largest absolute Gasteiger partial charge is 0.465 e. The van der Waals surface area contributed by atoms with Crippen molar-refractivity contribution in [2.75, 3.05) is 6.61 Å². The molecular formula is C12H18O3. The predicted molar refractivity (Wildman–Crippen MR) is 57.4 cm³/mol. The molecule has 0 bridgehead atoms. The number of hydrogen-bond donors (Lipinski definition) is 0. The first-order valence-electron chi connectivity index (χ1n) is 5.49. The van der Waals surface area contributed by atoms with Crippen molar-refractivity contribution in [3.05, 3.63) is 12.2 Å². The summed E-state index contributed by atoms with van der Waals surface area (Å²) in [5.41, 5.74) is -0.872. The van der Waals surface area contributed by atoms with Crippen molar-refractivity contribution in [3.8, 4) is 0 Å². The second kappa shape index (κ2) is 5.10. The van der Waals surface area contributed by atoms with E-state index in [9.17, 15) is 9.59 Å². The number of ether oxygens (including phenoxy) is 1. The molecule has 0 spiro atoms. The molecule has 84 valence electrons. The Balaban J connectivity index is 2.85. The Labute approximate surface area is 90.5 Å². The van der Waals surface area contributed by atoms with Gasteiger partial charge in [-0.1, -0.05) is 12.2 Å². The highest BCUT2D eigenvalue weighted by atomic mass is 16.5. The first-order valence-corrected chi connectivity index (χ1v) is 5.49. The molecule has 15 heavy (non-hydrogen) atoms. The van der Waals surface area contributed by atoms with Crippen molar-refractivity contribution < 1.29 is 14.3 Å². The minimum atomic E-state index is -0.872. The monoisotopic (exact) mass is 210 g/mol. The maximum atomic E-state index is 11.8. The smallest absolute Gasteiger partial charge is 0.319 e. The SMILES string of the molecule is C/C=C/CC1(C(=O)OCC)CCCC1=O. The Hall–Kier alpha value is -1.12. The van der Waals surface area contributed by atoms with Crippen molar-refractivity contribution in [2.45, 2.75) is 39.5 Å². The van der Waals surface area contributed by atoms with Crippen LogP contribution < -0.4 is 0 Å². The topological polar surface area (TPSA) is 43.4 Å². The lowest BCUT2D eigenvalue weighted by Crippen LogP contribution is -2.36. The maximum absolute atomic E-state index is 11.8. The van der Waals surface area contributed by atoms with Crippen molar-refractivity contribution in [1.82, 2.24) is 0 Å². The Morgan fingerprint density at radius 3 is 2.80 bits per heavy atom. The highest BCUT2D eigenvalue weighted by Crippen LogP contribution is 2.39. The van der Waals surface area contributed by atoms with E-state index in [4.69, 9.17) is 4.74 Å². The summed E-state index contributed by atoms with van der Waals surface area (Å²) in [7, 11) is 0. The molecule has 0 saturated heterocycles. The van der Waals surface area contributed by atoms with Gasteiger partial charge >= 0.3 is 5.97 Å². The molecule has 1 fully saturated rings. The highest BCUT2D eigenvalue weighted by Gasteiger charge is 2.48. The molecule has 0 amide bonds. The molecule has 1 atom stereocenters. The average Bonchev–Trinajstić information content (AvgIpc) is 2.58. The third-order valence-corrected chi connectivity index (χ3v) is 2.91. The quantitative estimate of drug-likeness (QED) is 0.406. The van der Waals surface area contributed by atoms with Crippen LogP contribution in [0.4, 0.5) is 0 Å². The molecule has 1 aliphatic carbocycles. The zero-order valence-electron chi connectivity index (χ0n) is 9.41. The van der Waals surface area contributed by atoms with Gasteiger partial charge < -0.3 is 4.74 Å². The summed E-state index contributed by atoms with van der Waals surface area (Å²) in [4.78, 5) is 23.6. The van der Waals surface area contributed by atoms with E-state index in [1.165, 1.54) is 0 Å². The molecule has 0 aromatic carbocycles. The molecule has 0 aliphatic heterocycles. The third kappa shape index (κ3) is 2.28. The molecule has 1 saturated carbocycles. The first-order chi connectivity index (χ1) is 7.17. The van der Waals surface area contributed by atoms with Crippen LogP contribution in [0.3, 0.4) is 0 Å². The van der Waals surface area contributed by atoms with Crippen LogP contribution in [0.15, 0.2) is 12.2 Å². The van der Waals surface area contributed by atoms with Crippen molar-refractivity contribution in [2.24, 2.45) is 5.41 Å². The fraction of sp³-hybridized carbons (Fsp3) is 0.667. The van der Waals surface area contributed by atoms with Gasteiger partial charge in [-0.05, 0) is 33.1 Å². The summed E-state index contributed by atoms with van der Waals surface area (Å²) >= 11 is 0. The maximum Gasteiger partial charge on any atom is 0.319 e. The van der Waals surface area contributed by atoms with Crippen LogP contribution in [0, 0.1) is 5.41 Å². The van der Waals surface area contributed by atoms with E-state index in [0.29, 0.717) is 25.9 Å². The lowest BCUT2D eigenvalue weighted by molar-refractivity contribution is -0.158. The van der Waals surface area contributed by atoms with Gasteiger partial charge in [0.2, 0.25) is 0 Å². The van der Waals surface area contributed by atoms with E-state index in [1.54, 1.807) is 6.92 Å². The summed E-state index contributed by atoms with van der Waals surface area (Å²) in [5.74, 6) is -0.301. The number of ketones is 1. The van der Waals surface area contributed by atoms with E-state index in [1.807, 2.05) is 19.1 Å². The van der Waals surface area contributed by atoms with Gasteiger partial charge in [0.1, 0.15) is 5.41 Å². The Kier molecular flexibility index (Phi) is 4.06. The third-order valence-electron chi connectivity index (χ3n) is 2.91. The minimum Gasteiger partial charge on any atom is -0.465 e. The fourth-order valence-electron chi connectivity index (χ4n) is 2.03. The van der Waals surface area contributed by atoms with Crippen molar-refractivity contribution in [1.29, 1.82) is 0 Å². The minimum absolute atomic E-state index is 0.0408. The summed E-state index contributed by atoms with van der Waals surface area (Å²) in [5, 5.41) is 0. The number of carbonyl (C=O) groups excluding carboxylic acids is 2.